The van der Waals surface area contributed by atoms with Gasteiger partial charge in [-0.25, -0.2) is 0 Å². The molecule has 0 fully saturated rings. The van der Waals surface area contributed by atoms with Crippen LogP contribution in [-0.4, -0.2) is 9.97 Å². The van der Waals surface area contributed by atoms with Crippen molar-refractivity contribution < 1.29 is 4.42 Å². The molecule has 0 unspecified atom stereocenters. The smallest absolute Gasteiger partial charge is 0.153 e. The Morgan fingerprint density at radius 3 is 2.93 bits per heavy atom. The van der Waals surface area contributed by atoms with Crippen molar-refractivity contribution in [3.05, 3.63) is 36.3 Å². The summed E-state index contributed by atoms with van der Waals surface area (Å²) >= 11 is 0. The highest BCUT2D eigenvalue weighted by Gasteiger charge is 2.09. The molecule has 0 aromatic carbocycles. The van der Waals surface area contributed by atoms with Crippen molar-refractivity contribution in [3.63, 3.8) is 0 Å². The molecular formula is C11H8N2O. The molecule has 0 spiro atoms. The van der Waals surface area contributed by atoms with Gasteiger partial charge in [-0.05, 0) is 25.1 Å². The second-order valence-electron chi connectivity index (χ2n) is 3.22. The normalized spacial score (nSPS) is 11.2. The van der Waals surface area contributed by atoms with Crippen molar-refractivity contribution in [1.29, 1.82) is 0 Å². The van der Waals surface area contributed by atoms with E-state index in [0.717, 1.165) is 27.8 Å². The molecule has 0 radical (unpaired) electrons. The highest BCUT2D eigenvalue weighted by molar-refractivity contribution is 6.03. The minimum Gasteiger partial charge on any atom is -0.454 e. The molecule has 0 saturated carbocycles. The van der Waals surface area contributed by atoms with Crippen molar-refractivity contribution in [2.24, 2.45) is 0 Å². The first kappa shape index (κ1) is 7.50. The number of fused-ring (bicyclic) bond motifs is 3. The van der Waals surface area contributed by atoms with Crippen LogP contribution in [0.3, 0.4) is 0 Å². The van der Waals surface area contributed by atoms with Crippen LogP contribution in [0.1, 0.15) is 5.69 Å². The maximum Gasteiger partial charge on any atom is 0.153 e. The van der Waals surface area contributed by atoms with Crippen LogP contribution >= 0.6 is 0 Å². The summed E-state index contributed by atoms with van der Waals surface area (Å²) in [5, 5.41) is 1.02. The number of rotatable bonds is 0. The lowest BCUT2D eigenvalue weighted by atomic mass is 10.2. The maximum atomic E-state index is 5.63. The second-order valence-corrected chi connectivity index (χ2v) is 3.22. The van der Waals surface area contributed by atoms with Crippen LogP contribution in [-0.2, 0) is 0 Å². The molecule has 0 bridgehead atoms. The first-order valence-electron chi connectivity index (χ1n) is 4.45. The number of hydrogen-bond donors (Lipinski definition) is 0. The van der Waals surface area contributed by atoms with Crippen LogP contribution in [0.15, 0.2) is 35.0 Å². The molecule has 0 saturated heterocycles. The zero-order valence-corrected chi connectivity index (χ0v) is 7.69. The van der Waals surface area contributed by atoms with E-state index in [9.17, 15) is 0 Å². The molecule has 0 aliphatic heterocycles. The van der Waals surface area contributed by atoms with Gasteiger partial charge in [0.05, 0.1) is 11.1 Å². The topological polar surface area (TPSA) is 38.9 Å². The van der Waals surface area contributed by atoms with E-state index in [2.05, 4.69) is 9.97 Å². The van der Waals surface area contributed by atoms with E-state index in [1.54, 1.807) is 12.4 Å². The van der Waals surface area contributed by atoms with Crippen molar-refractivity contribution in [1.82, 2.24) is 9.97 Å². The fraction of sp³-hybridized carbons (Fsp3) is 0.0909. The van der Waals surface area contributed by atoms with Gasteiger partial charge in [0.15, 0.2) is 5.58 Å². The van der Waals surface area contributed by atoms with Crippen molar-refractivity contribution in [2.75, 3.05) is 0 Å². The Balaban J connectivity index is 2.65. The molecule has 14 heavy (non-hydrogen) atoms. The van der Waals surface area contributed by atoms with Gasteiger partial charge in [0.2, 0.25) is 0 Å². The summed E-state index contributed by atoms with van der Waals surface area (Å²) in [5.74, 6) is 0. The number of nitrogens with zero attached hydrogens (tertiary/aromatic N) is 2. The molecule has 68 valence electrons. The highest BCUT2D eigenvalue weighted by atomic mass is 16.3. The van der Waals surface area contributed by atoms with Gasteiger partial charge in [-0.1, -0.05) is 0 Å². The SMILES string of the molecule is Cc1nccc2oc3cccnc3c12. The third-order valence-corrected chi connectivity index (χ3v) is 2.33. The van der Waals surface area contributed by atoms with E-state index in [4.69, 9.17) is 4.42 Å². The minimum atomic E-state index is 0.818. The lowest BCUT2D eigenvalue weighted by Crippen LogP contribution is -1.80. The molecule has 0 aliphatic carbocycles. The Morgan fingerprint density at radius 2 is 2.00 bits per heavy atom. The fourth-order valence-corrected chi connectivity index (χ4v) is 1.70. The van der Waals surface area contributed by atoms with Gasteiger partial charge >= 0.3 is 0 Å². The largest absolute Gasteiger partial charge is 0.454 e. The van der Waals surface area contributed by atoms with Gasteiger partial charge in [0, 0.05) is 12.4 Å². The van der Waals surface area contributed by atoms with Crippen LogP contribution in [0.25, 0.3) is 22.1 Å². The van der Waals surface area contributed by atoms with Gasteiger partial charge in [-0.3, -0.25) is 9.97 Å². The van der Waals surface area contributed by atoms with Gasteiger partial charge in [0.1, 0.15) is 11.1 Å². The van der Waals surface area contributed by atoms with E-state index in [1.807, 2.05) is 25.1 Å². The summed E-state index contributed by atoms with van der Waals surface area (Å²) in [6.45, 7) is 1.96. The lowest BCUT2D eigenvalue weighted by Gasteiger charge is -1.91. The minimum absolute atomic E-state index is 0.818. The number of furan rings is 1. The lowest BCUT2D eigenvalue weighted by molar-refractivity contribution is 0.667. The summed E-state index contributed by atoms with van der Waals surface area (Å²) in [5.41, 5.74) is 3.53. The average molecular weight is 184 g/mol. The summed E-state index contributed by atoms with van der Waals surface area (Å²) < 4.78 is 5.63. The molecule has 0 N–H and O–H groups in total. The van der Waals surface area contributed by atoms with Crippen LogP contribution in [0.5, 0.6) is 0 Å². The first-order chi connectivity index (χ1) is 6.86. The monoisotopic (exact) mass is 184 g/mol. The zero-order valence-electron chi connectivity index (χ0n) is 7.69. The van der Waals surface area contributed by atoms with E-state index in [1.165, 1.54) is 0 Å². The van der Waals surface area contributed by atoms with E-state index < -0.39 is 0 Å². The quantitative estimate of drug-likeness (QED) is 0.539. The Kier molecular flexibility index (Phi) is 1.36. The van der Waals surface area contributed by atoms with Crippen LogP contribution in [0.4, 0.5) is 0 Å². The molecule has 3 heteroatoms. The molecule has 0 aliphatic rings. The first-order valence-corrected chi connectivity index (χ1v) is 4.45. The number of aryl methyl sites for hydroxylation is 1. The molecule has 0 amide bonds. The number of aromatic nitrogens is 2. The Morgan fingerprint density at radius 1 is 1.07 bits per heavy atom. The molecule has 3 aromatic rings. The highest BCUT2D eigenvalue weighted by Crippen LogP contribution is 2.27. The van der Waals surface area contributed by atoms with Crippen LogP contribution in [0.2, 0.25) is 0 Å². The van der Waals surface area contributed by atoms with Crippen molar-refractivity contribution in [3.8, 4) is 0 Å². The summed E-state index contributed by atoms with van der Waals surface area (Å²) in [6, 6.07) is 5.65. The Hall–Kier alpha value is -1.90. The third kappa shape index (κ3) is 0.865. The molecule has 3 heterocycles. The number of pyridine rings is 2. The Bertz CT molecular complexity index is 613. The van der Waals surface area contributed by atoms with Gasteiger partial charge in [-0.15, -0.1) is 0 Å². The number of hydrogen-bond acceptors (Lipinski definition) is 3. The molecular weight excluding hydrogens is 176 g/mol. The summed E-state index contributed by atoms with van der Waals surface area (Å²) in [7, 11) is 0. The van der Waals surface area contributed by atoms with E-state index in [0.29, 0.717) is 0 Å². The average Bonchev–Trinajstić information content (AvgIpc) is 2.57. The van der Waals surface area contributed by atoms with Gasteiger partial charge in [-0.2, -0.15) is 0 Å². The fourth-order valence-electron chi connectivity index (χ4n) is 1.70. The summed E-state index contributed by atoms with van der Waals surface area (Å²) in [4.78, 5) is 8.53. The predicted octanol–water partition coefficient (Wildman–Crippen LogP) is 2.68. The molecule has 3 rings (SSSR count). The Labute approximate surface area is 80.4 Å². The zero-order chi connectivity index (χ0) is 9.54. The molecule has 3 aromatic heterocycles. The van der Waals surface area contributed by atoms with Crippen molar-refractivity contribution >= 4 is 22.1 Å². The van der Waals surface area contributed by atoms with Crippen LogP contribution < -0.4 is 0 Å². The van der Waals surface area contributed by atoms with Gasteiger partial charge in [0.25, 0.3) is 0 Å². The van der Waals surface area contributed by atoms with Crippen LogP contribution in [0, 0.1) is 6.92 Å². The van der Waals surface area contributed by atoms with Gasteiger partial charge < -0.3 is 4.42 Å². The standard InChI is InChI=1S/C11H8N2O/c1-7-10-8(4-6-12-7)14-9-3-2-5-13-11(9)10/h2-6H,1H3. The predicted molar refractivity (Wildman–Crippen MR) is 54.0 cm³/mol. The van der Waals surface area contributed by atoms with E-state index >= 15 is 0 Å². The molecule has 3 nitrogen and oxygen atoms in total. The maximum absolute atomic E-state index is 5.63. The van der Waals surface area contributed by atoms with E-state index in [-0.39, 0.29) is 0 Å². The summed E-state index contributed by atoms with van der Waals surface area (Å²) in [6.07, 6.45) is 3.52. The second kappa shape index (κ2) is 2.54. The molecule has 0 atom stereocenters. The third-order valence-electron chi connectivity index (χ3n) is 2.33. The van der Waals surface area contributed by atoms with Crippen molar-refractivity contribution in [2.45, 2.75) is 6.92 Å².